The van der Waals surface area contributed by atoms with E-state index in [4.69, 9.17) is 0 Å². The number of hydrogen-bond donors (Lipinski definition) is 3. The number of aryl methyl sites for hydroxylation is 1. The Hall–Kier alpha value is -1.73. The van der Waals surface area contributed by atoms with Gasteiger partial charge in [0.15, 0.2) is 0 Å². The van der Waals surface area contributed by atoms with Crippen molar-refractivity contribution in [3.8, 4) is 0 Å². The van der Waals surface area contributed by atoms with Crippen LogP contribution in [0.5, 0.6) is 0 Å². The highest BCUT2D eigenvalue weighted by Gasteiger charge is 2.33. The van der Waals surface area contributed by atoms with Crippen LogP contribution in [0, 0.1) is 12.8 Å². The molecule has 1 aromatic rings. The molecule has 2 heterocycles. The minimum atomic E-state index is -0.204. The lowest BCUT2D eigenvalue weighted by Crippen LogP contribution is -2.42. The van der Waals surface area contributed by atoms with Crippen LogP contribution >= 0.6 is 11.8 Å². The Kier molecular flexibility index (Phi) is 5.63. The van der Waals surface area contributed by atoms with E-state index < -0.39 is 0 Å². The zero-order chi connectivity index (χ0) is 16.9. The SMILES string of the molecule is Cc1ccc(NC(=O)NC[C@@H]2CN[C@H](C(=O)N3CCSC3)C2)cc1. The van der Waals surface area contributed by atoms with Gasteiger partial charge in [0.25, 0.3) is 0 Å². The molecule has 2 fully saturated rings. The second-order valence-corrected chi connectivity index (χ2v) is 7.48. The lowest BCUT2D eigenvalue weighted by atomic mass is 10.1. The first-order chi connectivity index (χ1) is 11.6. The van der Waals surface area contributed by atoms with Crippen LogP contribution < -0.4 is 16.0 Å². The first-order valence-corrected chi connectivity index (χ1v) is 9.49. The van der Waals surface area contributed by atoms with Gasteiger partial charge in [0, 0.05) is 31.1 Å². The number of carbonyl (C=O) groups excluding carboxylic acids is 2. The summed E-state index contributed by atoms with van der Waals surface area (Å²) in [5.74, 6) is 2.33. The van der Waals surface area contributed by atoms with Crippen molar-refractivity contribution in [1.29, 1.82) is 0 Å². The smallest absolute Gasteiger partial charge is 0.319 e. The van der Waals surface area contributed by atoms with Gasteiger partial charge < -0.3 is 20.9 Å². The van der Waals surface area contributed by atoms with Crippen molar-refractivity contribution in [1.82, 2.24) is 15.5 Å². The number of nitrogens with zero attached hydrogens (tertiary/aromatic N) is 1. The molecule has 0 bridgehead atoms. The molecule has 2 atom stereocenters. The van der Waals surface area contributed by atoms with Crippen molar-refractivity contribution in [3.63, 3.8) is 0 Å². The number of amides is 3. The highest BCUT2D eigenvalue weighted by Crippen LogP contribution is 2.20. The Morgan fingerprint density at radius 1 is 1.33 bits per heavy atom. The number of benzene rings is 1. The Morgan fingerprint density at radius 2 is 2.12 bits per heavy atom. The summed E-state index contributed by atoms with van der Waals surface area (Å²) < 4.78 is 0. The predicted octanol–water partition coefficient (Wildman–Crippen LogP) is 1.63. The van der Waals surface area contributed by atoms with Crippen molar-refractivity contribution in [2.24, 2.45) is 5.92 Å². The molecule has 0 spiro atoms. The Morgan fingerprint density at radius 3 is 2.83 bits per heavy atom. The number of urea groups is 1. The second kappa shape index (κ2) is 7.90. The van der Waals surface area contributed by atoms with E-state index in [1.54, 1.807) is 11.8 Å². The zero-order valence-electron chi connectivity index (χ0n) is 13.9. The molecular formula is C17H24N4O2S. The summed E-state index contributed by atoms with van der Waals surface area (Å²) in [4.78, 5) is 26.2. The fourth-order valence-electron chi connectivity index (χ4n) is 3.01. The van der Waals surface area contributed by atoms with Gasteiger partial charge in [0.05, 0.1) is 11.9 Å². The van der Waals surface area contributed by atoms with Crippen LogP contribution in [0.15, 0.2) is 24.3 Å². The average molecular weight is 348 g/mol. The number of rotatable bonds is 4. The first kappa shape index (κ1) is 17.1. The summed E-state index contributed by atoms with van der Waals surface area (Å²) in [7, 11) is 0. The zero-order valence-corrected chi connectivity index (χ0v) is 14.7. The van der Waals surface area contributed by atoms with Gasteiger partial charge in [0.1, 0.15) is 0 Å². The lowest BCUT2D eigenvalue weighted by molar-refractivity contribution is -0.131. The van der Waals surface area contributed by atoms with E-state index in [1.807, 2.05) is 36.1 Å². The molecule has 24 heavy (non-hydrogen) atoms. The fraction of sp³-hybridized carbons (Fsp3) is 0.529. The Balaban J connectivity index is 1.40. The molecule has 2 saturated heterocycles. The molecule has 1 aromatic carbocycles. The molecule has 6 nitrogen and oxygen atoms in total. The van der Waals surface area contributed by atoms with Gasteiger partial charge in [-0.25, -0.2) is 4.79 Å². The summed E-state index contributed by atoms with van der Waals surface area (Å²) >= 11 is 1.80. The molecule has 2 aliphatic rings. The molecule has 0 radical (unpaired) electrons. The van der Waals surface area contributed by atoms with Crippen molar-refractivity contribution in [3.05, 3.63) is 29.8 Å². The van der Waals surface area contributed by atoms with Crippen molar-refractivity contribution < 1.29 is 9.59 Å². The number of anilines is 1. The summed E-state index contributed by atoms with van der Waals surface area (Å²) in [6.45, 7) is 4.20. The average Bonchev–Trinajstić information content (AvgIpc) is 3.26. The maximum absolute atomic E-state index is 12.4. The van der Waals surface area contributed by atoms with Crippen molar-refractivity contribution in [2.45, 2.75) is 19.4 Å². The molecule has 130 valence electrons. The van der Waals surface area contributed by atoms with Crippen LogP contribution in [0.3, 0.4) is 0 Å². The summed E-state index contributed by atoms with van der Waals surface area (Å²) in [6.07, 6.45) is 0.783. The van der Waals surface area contributed by atoms with Gasteiger partial charge in [-0.15, -0.1) is 11.8 Å². The molecule has 0 aromatic heterocycles. The maximum Gasteiger partial charge on any atom is 0.319 e. The fourth-order valence-corrected chi connectivity index (χ4v) is 3.97. The highest BCUT2D eigenvalue weighted by atomic mass is 32.2. The summed E-state index contributed by atoms with van der Waals surface area (Å²) in [5.41, 5.74) is 1.94. The molecule has 3 rings (SSSR count). The van der Waals surface area contributed by atoms with Gasteiger partial charge >= 0.3 is 6.03 Å². The standard InChI is InChI=1S/C17H24N4O2S/c1-12-2-4-14(5-3-12)20-17(23)19-10-13-8-15(18-9-13)16(22)21-6-7-24-11-21/h2-5,13,15,18H,6-11H2,1H3,(H2,19,20,23)/t13-,15-/m0/s1. The third-order valence-corrected chi connectivity index (χ3v) is 5.41. The third-order valence-electron chi connectivity index (χ3n) is 4.45. The Bertz CT molecular complexity index is 587. The third kappa shape index (κ3) is 4.42. The van der Waals surface area contributed by atoms with Crippen molar-refractivity contribution in [2.75, 3.05) is 36.6 Å². The summed E-state index contributed by atoms with van der Waals surface area (Å²) in [6, 6.07) is 7.39. The van der Waals surface area contributed by atoms with Crippen LogP contribution in [0.1, 0.15) is 12.0 Å². The predicted molar refractivity (Wildman–Crippen MR) is 97.1 cm³/mol. The number of nitrogens with one attached hydrogen (secondary N) is 3. The molecule has 0 saturated carbocycles. The number of carbonyl (C=O) groups is 2. The second-order valence-electron chi connectivity index (χ2n) is 6.40. The van der Waals surface area contributed by atoms with Crippen LogP contribution in [0.4, 0.5) is 10.5 Å². The molecule has 0 unspecified atom stereocenters. The molecule has 3 amide bonds. The minimum absolute atomic E-state index is 0.101. The van der Waals surface area contributed by atoms with Gasteiger partial charge in [-0.05, 0) is 31.4 Å². The first-order valence-electron chi connectivity index (χ1n) is 8.33. The van der Waals surface area contributed by atoms with Crippen LogP contribution in [0.25, 0.3) is 0 Å². The summed E-state index contributed by atoms with van der Waals surface area (Å²) in [5, 5.41) is 9.01. The normalized spacial score (nSPS) is 23.3. The van der Waals surface area contributed by atoms with Gasteiger partial charge in [-0.3, -0.25) is 4.79 Å². The van der Waals surface area contributed by atoms with E-state index in [9.17, 15) is 9.59 Å². The topological polar surface area (TPSA) is 73.5 Å². The van der Waals surface area contributed by atoms with Crippen LogP contribution in [0.2, 0.25) is 0 Å². The van der Waals surface area contributed by atoms with E-state index >= 15 is 0 Å². The number of thioether (sulfide) groups is 1. The van der Waals surface area contributed by atoms with E-state index in [0.29, 0.717) is 6.54 Å². The Labute approximate surface area is 146 Å². The van der Waals surface area contributed by atoms with E-state index in [1.165, 1.54) is 0 Å². The largest absolute Gasteiger partial charge is 0.338 e. The van der Waals surface area contributed by atoms with Gasteiger partial charge in [0.2, 0.25) is 5.91 Å². The molecule has 0 aliphatic carbocycles. The van der Waals surface area contributed by atoms with E-state index in [0.717, 1.165) is 42.4 Å². The monoisotopic (exact) mass is 348 g/mol. The number of hydrogen-bond acceptors (Lipinski definition) is 4. The maximum atomic E-state index is 12.4. The molecular weight excluding hydrogens is 324 g/mol. The van der Waals surface area contributed by atoms with E-state index in [2.05, 4.69) is 16.0 Å². The van der Waals surface area contributed by atoms with E-state index in [-0.39, 0.29) is 23.9 Å². The van der Waals surface area contributed by atoms with Crippen LogP contribution in [-0.4, -0.2) is 54.1 Å². The quantitative estimate of drug-likeness (QED) is 0.773. The molecule has 7 heteroatoms. The molecule has 3 N–H and O–H groups in total. The highest BCUT2D eigenvalue weighted by molar-refractivity contribution is 7.99. The minimum Gasteiger partial charge on any atom is -0.338 e. The van der Waals surface area contributed by atoms with Crippen LogP contribution in [-0.2, 0) is 4.79 Å². The van der Waals surface area contributed by atoms with Gasteiger partial charge in [-0.2, -0.15) is 0 Å². The lowest BCUT2D eigenvalue weighted by Gasteiger charge is -2.19. The van der Waals surface area contributed by atoms with Gasteiger partial charge in [-0.1, -0.05) is 17.7 Å². The molecule has 2 aliphatic heterocycles. The van der Waals surface area contributed by atoms with Crippen molar-refractivity contribution >= 4 is 29.4 Å².